The van der Waals surface area contributed by atoms with Crippen LogP contribution < -0.4 is 0 Å². The minimum atomic E-state index is -0.281. The van der Waals surface area contributed by atoms with Crippen LogP contribution in [0, 0.1) is 0 Å². The van der Waals surface area contributed by atoms with E-state index in [-0.39, 0.29) is 12.6 Å². The quantitative estimate of drug-likeness (QED) is 0.565. The van der Waals surface area contributed by atoms with E-state index in [1.54, 1.807) is 6.92 Å². The summed E-state index contributed by atoms with van der Waals surface area (Å²) in [5.41, 5.74) is 1.42. The van der Waals surface area contributed by atoms with Crippen LogP contribution in [0.4, 0.5) is 0 Å². The van der Waals surface area contributed by atoms with Gasteiger partial charge in [-0.3, -0.25) is 0 Å². The number of esters is 1. The Balaban J connectivity index is 1.63. The van der Waals surface area contributed by atoms with E-state index >= 15 is 0 Å². The lowest BCUT2D eigenvalue weighted by Gasteiger charge is -2.16. The van der Waals surface area contributed by atoms with Gasteiger partial charge in [-0.1, -0.05) is 30.3 Å². The van der Waals surface area contributed by atoms with E-state index < -0.39 is 0 Å². The molecule has 1 aromatic carbocycles. The van der Waals surface area contributed by atoms with Gasteiger partial charge in [-0.05, 0) is 31.4 Å². The van der Waals surface area contributed by atoms with Gasteiger partial charge in [0, 0.05) is 13.1 Å². The van der Waals surface area contributed by atoms with E-state index in [4.69, 9.17) is 9.47 Å². The Labute approximate surface area is 120 Å². The van der Waals surface area contributed by atoms with Crippen molar-refractivity contribution in [2.45, 2.75) is 19.3 Å². The maximum atomic E-state index is 11.1. The first-order chi connectivity index (χ1) is 9.79. The predicted octanol–water partition coefficient (Wildman–Crippen LogP) is 2.06. The molecular formula is C16H23NO3. The molecule has 0 aliphatic carbocycles. The molecule has 1 aromatic rings. The van der Waals surface area contributed by atoms with E-state index in [0.29, 0.717) is 19.1 Å². The molecule has 2 rings (SSSR count). The monoisotopic (exact) mass is 277 g/mol. The van der Waals surface area contributed by atoms with Crippen molar-refractivity contribution in [3.05, 3.63) is 35.9 Å². The van der Waals surface area contributed by atoms with E-state index in [0.717, 1.165) is 19.6 Å². The summed E-state index contributed by atoms with van der Waals surface area (Å²) in [5, 5.41) is 0. The Hall–Kier alpha value is -1.39. The van der Waals surface area contributed by atoms with Gasteiger partial charge in [-0.2, -0.15) is 0 Å². The fourth-order valence-corrected chi connectivity index (χ4v) is 2.58. The van der Waals surface area contributed by atoms with E-state index in [2.05, 4.69) is 35.2 Å². The number of ether oxygens (including phenoxy) is 2. The summed E-state index contributed by atoms with van der Waals surface area (Å²) in [5.74, 6) is 0.345. The highest BCUT2D eigenvalue weighted by atomic mass is 16.6. The first-order valence-corrected chi connectivity index (χ1v) is 7.30. The summed E-state index contributed by atoms with van der Waals surface area (Å²) in [7, 11) is 0. The molecule has 0 aromatic heterocycles. The van der Waals surface area contributed by atoms with Crippen LogP contribution in [0.1, 0.15) is 24.8 Å². The fraction of sp³-hybridized carbons (Fsp3) is 0.562. The van der Waals surface area contributed by atoms with E-state index in [1.165, 1.54) is 12.0 Å². The van der Waals surface area contributed by atoms with Gasteiger partial charge < -0.3 is 14.4 Å². The number of hydrogen-bond acceptors (Lipinski definition) is 4. The largest absolute Gasteiger partial charge is 0.464 e. The van der Waals surface area contributed by atoms with Crippen LogP contribution in [0.5, 0.6) is 0 Å². The van der Waals surface area contributed by atoms with Crippen molar-refractivity contribution < 1.29 is 14.3 Å². The Morgan fingerprint density at radius 3 is 2.90 bits per heavy atom. The van der Waals surface area contributed by atoms with Gasteiger partial charge in [0.2, 0.25) is 0 Å². The Bertz CT molecular complexity index is 407. The molecule has 4 heteroatoms. The first kappa shape index (κ1) is 15.0. The number of carbonyl (C=O) groups is 1. The molecule has 1 aliphatic heterocycles. The number of carbonyl (C=O) groups excluding carboxylic acids is 1. The number of hydrogen-bond donors (Lipinski definition) is 0. The maximum Gasteiger partial charge on any atom is 0.332 e. The van der Waals surface area contributed by atoms with Gasteiger partial charge in [0.1, 0.15) is 6.61 Å². The van der Waals surface area contributed by atoms with Crippen molar-refractivity contribution >= 4 is 5.97 Å². The smallest absolute Gasteiger partial charge is 0.332 e. The summed E-state index contributed by atoms with van der Waals surface area (Å²) in [6.45, 7) is 5.90. The first-order valence-electron chi connectivity index (χ1n) is 7.30. The summed E-state index contributed by atoms with van der Waals surface area (Å²) in [4.78, 5) is 13.5. The average molecular weight is 277 g/mol. The highest BCUT2D eigenvalue weighted by Gasteiger charge is 2.23. The van der Waals surface area contributed by atoms with Gasteiger partial charge in [-0.15, -0.1) is 0 Å². The summed E-state index contributed by atoms with van der Waals surface area (Å²) < 4.78 is 10.1. The molecular weight excluding hydrogens is 254 g/mol. The Morgan fingerprint density at radius 2 is 2.15 bits per heavy atom. The second-order valence-electron chi connectivity index (χ2n) is 5.05. The lowest BCUT2D eigenvalue weighted by molar-refractivity contribution is -0.148. The van der Waals surface area contributed by atoms with Gasteiger partial charge >= 0.3 is 5.97 Å². The molecule has 110 valence electrons. The van der Waals surface area contributed by atoms with Gasteiger partial charge in [0.05, 0.1) is 13.2 Å². The van der Waals surface area contributed by atoms with Gasteiger partial charge in [0.15, 0.2) is 0 Å². The molecule has 0 bridgehead atoms. The van der Waals surface area contributed by atoms with E-state index in [9.17, 15) is 4.79 Å². The van der Waals surface area contributed by atoms with Crippen LogP contribution >= 0.6 is 0 Å². The standard InChI is InChI=1S/C16H23NO3/c1-2-20-16(18)13-19-11-10-17-9-8-15(12-17)14-6-4-3-5-7-14/h3-7,15H,2,8-13H2,1H3. The zero-order valence-corrected chi connectivity index (χ0v) is 12.1. The third-order valence-corrected chi connectivity index (χ3v) is 3.62. The minimum absolute atomic E-state index is 0.0593. The number of benzene rings is 1. The third-order valence-electron chi connectivity index (χ3n) is 3.62. The SMILES string of the molecule is CCOC(=O)COCCN1CCC(c2ccccc2)C1. The number of nitrogens with zero attached hydrogens (tertiary/aromatic N) is 1. The molecule has 1 heterocycles. The number of rotatable bonds is 7. The second kappa shape index (κ2) is 8.02. The molecule has 1 fully saturated rings. The second-order valence-corrected chi connectivity index (χ2v) is 5.05. The lowest BCUT2D eigenvalue weighted by Crippen LogP contribution is -2.26. The van der Waals surface area contributed by atoms with Crippen molar-refractivity contribution in [3.8, 4) is 0 Å². The Morgan fingerprint density at radius 1 is 1.35 bits per heavy atom. The van der Waals surface area contributed by atoms with E-state index in [1.807, 2.05) is 0 Å². The minimum Gasteiger partial charge on any atom is -0.464 e. The van der Waals surface area contributed by atoms with Crippen LogP contribution in [0.25, 0.3) is 0 Å². The zero-order valence-electron chi connectivity index (χ0n) is 12.1. The molecule has 0 N–H and O–H groups in total. The predicted molar refractivity (Wildman–Crippen MR) is 77.7 cm³/mol. The topological polar surface area (TPSA) is 38.8 Å². The van der Waals surface area contributed by atoms with Crippen molar-refractivity contribution in [3.63, 3.8) is 0 Å². The van der Waals surface area contributed by atoms with Crippen LogP contribution in [0.2, 0.25) is 0 Å². The molecule has 0 saturated carbocycles. The molecule has 1 atom stereocenters. The molecule has 4 nitrogen and oxygen atoms in total. The lowest BCUT2D eigenvalue weighted by atomic mass is 9.99. The molecule has 20 heavy (non-hydrogen) atoms. The van der Waals surface area contributed by atoms with Crippen LogP contribution in [0.15, 0.2) is 30.3 Å². The van der Waals surface area contributed by atoms with Crippen LogP contribution in [0.3, 0.4) is 0 Å². The molecule has 1 saturated heterocycles. The third kappa shape index (κ3) is 4.62. The molecule has 0 spiro atoms. The molecule has 0 amide bonds. The van der Waals surface area contributed by atoms with Crippen molar-refractivity contribution in [2.24, 2.45) is 0 Å². The van der Waals surface area contributed by atoms with Crippen molar-refractivity contribution in [2.75, 3.05) is 39.5 Å². The number of likely N-dealkylation sites (tertiary alicyclic amines) is 1. The summed E-state index contributed by atoms with van der Waals surface area (Å²) in [6.07, 6.45) is 1.20. The highest BCUT2D eigenvalue weighted by Crippen LogP contribution is 2.26. The molecule has 0 radical (unpaired) electrons. The highest BCUT2D eigenvalue weighted by molar-refractivity contribution is 5.70. The molecule has 1 unspecified atom stereocenters. The normalized spacial score (nSPS) is 19.1. The van der Waals surface area contributed by atoms with Gasteiger partial charge in [-0.25, -0.2) is 4.79 Å². The molecule has 1 aliphatic rings. The van der Waals surface area contributed by atoms with Crippen molar-refractivity contribution in [1.29, 1.82) is 0 Å². The summed E-state index contributed by atoms with van der Waals surface area (Å²) >= 11 is 0. The van der Waals surface area contributed by atoms with Crippen LogP contribution in [-0.2, 0) is 14.3 Å². The summed E-state index contributed by atoms with van der Waals surface area (Å²) in [6, 6.07) is 10.6. The average Bonchev–Trinajstić information content (AvgIpc) is 2.94. The van der Waals surface area contributed by atoms with Crippen molar-refractivity contribution in [1.82, 2.24) is 4.90 Å². The zero-order chi connectivity index (χ0) is 14.2. The maximum absolute atomic E-state index is 11.1. The fourth-order valence-electron chi connectivity index (χ4n) is 2.58. The Kier molecular flexibility index (Phi) is 6.02. The van der Waals surface area contributed by atoms with Crippen LogP contribution in [-0.4, -0.2) is 50.3 Å². The van der Waals surface area contributed by atoms with Gasteiger partial charge in [0.25, 0.3) is 0 Å².